The molecule has 0 amide bonds. The predicted octanol–water partition coefficient (Wildman–Crippen LogP) is 3.29. The molecule has 0 heterocycles. The van der Waals surface area contributed by atoms with Crippen LogP contribution in [0.1, 0.15) is 0 Å². The second kappa shape index (κ2) is 5.75. The van der Waals surface area contributed by atoms with Gasteiger partial charge in [0, 0.05) is 11.4 Å². The van der Waals surface area contributed by atoms with E-state index in [1.807, 2.05) is 6.08 Å². The molecule has 14 heavy (non-hydrogen) atoms. The van der Waals surface area contributed by atoms with E-state index in [1.54, 1.807) is 6.08 Å². The van der Waals surface area contributed by atoms with Crippen molar-refractivity contribution in [3.8, 4) is 5.75 Å². The normalized spacial score (nSPS) is 10.8. The van der Waals surface area contributed by atoms with E-state index in [1.165, 1.54) is 6.07 Å². The lowest BCUT2D eigenvalue weighted by molar-refractivity contribution is 0.358. The molecule has 1 aromatic rings. The maximum atomic E-state index is 12.7. The van der Waals surface area contributed by atoms with Crippen LogP contribution >= 0.6 is 15.9 Å². The molecule has 0 spiro atoms. The molecule has 0 aliphatic rings. The number of benzene rings is 1. The Balaban J connectivity index is 2.51. The molecule has 0 radical (unpaired) electrons. The first-order valence-electron chi connectivity index (χ1n) is 4.03. The Kier molecular flexibility index (Phi) is 4.59. The molecule has 1 nitrogen and oxygen atoms in total. The molecule has 1 rings (SSSR count). The summed E-state index contributed by atoms with van der Waals surface area (Å²) in [6.07, 6.45) is 3.65. The maximum Gasteiger partial charge on any atom is 0.162 e. The number of allylic oxidation sites excluding steroid dienone is 1. The second-order valence-electron chi connectivity index (χ2n) is 2.51. The van der Waals surface area contributed by atoms with E-state index in [2.05, 4.69) is 15.9 Å². The van der Waals surface area contributed by atoms with E-state index in [0.29, 0.717) is 12.4 Å². The molecule has 0 fully saturated rings. The van der Waals surface area contributed by atoms with Crippen LogP contribution in [0, 0.1) is 11.6 Å². The van der Waals surface area contributed by atoms with Gasteiger partial charge in [-0.05, 0) is 12.1 Å². The first-order valence-corrected chi connectivity index (χ1v) is 5.15. The van der Waals surface area contributed by atoms with Gasteiger partial charge in [0.15, 0.2) is 11.6 Å². The van der Waals surface area contributed by atoms with Crippen LogP contribution in [0.4, 0.5) is 8.78 Å². The van der Waals surface area contributed by atoms with Gasteiger partial charge in [-0.15, -0.1) is 0 Å². The van der Waals surface area contributed by atoms with Crippen molar-refractivity contribution in [2.75, 3.05) is 11.9 Å². The highest BCUT2D eigenvalue weighted by Gasteiger charge is 2.01. The Labute approximate surface area is 89.5 Å². The van der Waals surface area contributed by atoms with Crippen molar-refractivity contribution in [3.05, 3.63) is 42.0 Å². The van der Waals surface area contributed by atoms with E-state index < -0.39 is 11.6 Å². The van der Waals surface area contributed by atoms with Gasteiger partial charge in [0.2, 0.25) is 0 Å². The Morgan fingerprint density at radius 3 is 2.64 bits per heavy atom. The summed E-state index contributed by atoms with van der Waals surface area (Å²) in [5.74, 6) is -1.44. The van der Waals surface area contributed by atoms with Crippen molar-refractivity contribution < 1.29 is 13.5 Å². The molecule has 0 N–H and O–H groups in total. The van der Waals surface area contributed by atoms with E-state index in [-0.39, 0.29) is 0 Å². The molecule has 1 aromatic carbocycles. The quantitative estimate of drug-likeness (QED) is 0.598. The lowest BCUT2D eigenvalue weighted by atomic mass is 10.3. The summed E-state index contributed by atoms with van der Waals surface area (Å²) >= 11 is 3.20. The summed E-state index contributed by atoms with van der Waals surface area (Å²) < 4.78 is 30.3. The summed E-state index contributed by atoms with van der Waals surface area (Å²) in [4.78, 5) is 0. The minimum absolute atomic E-state index is 0.322. The molecule has 4 heteroatoms. The molecule has 0 aliphatic carbocycles. The van der Waals surface area contributed by atoms with Crippen molar-refractivity contribution in [2.45, 2.75) is 0 Å². The summed E-state index contributed by atoms with van der Waals surface area (Å²) in [7, 11) is 0. The van der Waals surface area contributed by atoms with E-state index in [4.69, 9.17) is 4.74 Å². The zero-order chi connectivity index (χ0) is 10.4. The molecule has 76 valence electrons. The van der Waals surface area contributed by atoms with Gasteiger partial charge in [0.25, 0.3) is 0 Å². The fourth-order valence-corrected chi connectivity index (χ4v) is 1.11. The van der Waals surface area contributed by atoms with Crippen molar-refractivity contribution in [1.29, 1.82) is 0 Å². The smallest absolute Gasteiger partial charge is 0.162 e. The van der Waals surface area contributed by atoms with Crippen LogP contribution in [0.3, 0.4) is 0 Å². The van der Waals surface area contributed by atoms with Crippen LogP contribution in [0.5, 0.6) is 5.75 Å². The first-order chi connectivity index (χ1) is 6.74. The molecule has 0 saturated carbocycles. The van der Waals surface area contributed by atoms with Gasteiger partial charge in [-0.3, -0.25) is 0 Å². The Morgan fingerprint density at radius 1 is 1.21 bits per heavy atom. The fraction of sp³-hybridized carbons (Fsp3) is 0.200. The van der Waals surface area contributed by atoms with Gasteiger partial charge in [0.05, 0.1) is 0 Å². The van der Waals surface area contributed by atoms with E-state index in [0.717, 1.165) is 17.5 Å². The maximum absolute atomic E-state index is 12.7. The average molecular weight is 263 g/mol. The van der Waals surface area contributed by atoms with Crippen LogP contribution in [0.2, 0.25) is 0 Å². The topological polar surface area (TPSA) is 9.23 Å². The minimum Gasteiger partial charge on any atom is -0.489 e. The average Bonchev–Trinajstić information content (AvgIpc) is 2.18. The second-order valence-corrected chi connectivity index (χ2v) is 3.16. The van der Waals surface area contributed by atoms with Crippen LogP contribution in [0.25, 0.3) is 0 Å². The summed E-state index contributed by atoms with van der Waals surface area (Å²) in [5.41, 5.74) is 0. The number of halogens is 3. The molecule has 0 unspecified atom stereocenters. The van der Waals surface area contributed by atoms with E-state index in [9.17, 15) is 8.78 Å². The molecule has 0 aromatic heterocycles. The summed E-state index contributed by atoms with van der Waals surface area (Å²) in [6.45, 7) is 0.344. The standard InChI is InChI=1S/C10H9BrF2O/c11-5-1-2-6-14-8-3-4-9(12)10(13)7-8/h1-4,7H,5-6H2/b2-1+. The van der Waals surface area contributed by atoms with E-state index >= 15 is 0 Å². The van der Waals surface area contributed by atoms with Gasteiger partial charge in [-0.2, -0.15) is 0 Å². The zero-order valence-electron chi connectivity index (χ0n) is 7.34. The van der Waals surface area contributed by atoms with Crippen LogP contribution in [-0.2, 0) is 0 Å². The highest BCUT2D eigenvalue weighted by atomic mass is 79.9. The van der Waals surface area contributed by atoms with Gasteiger partial charge >= 0.3 is 0 Å². The fourth-order valence-electron chi connectivity index (χ4n) is 0.842. The minimum atomic E-state index is -0.896. The molecule has 0 atom stereocenters. The molecular formula is C10H9BrF2O. The van der Waals surface area contributed by atoms with Gasteiger partial charge in [-0.25, -0.2) is 8.78 Å². The van der Waals surface area contributed by atoms with Crippen molar-refractivity contribution in [3.63, 3.8) is 0 Å². The molecule has 0 saturated heterocycles. The summed E-state index contributed by atoms with van der Waals surface area (Å²) in [5, 5.41) is 0.744. The van der Waals surface area contributed by atoms with Crippen molar-refractivity contribution >= 4 is 15.9 Å². The third kappa shape index (κ3) is 3.46. The number of rotatable bonds is 4. The highest BCUT2D eigenvalue weighted by molar-refractivity contribution is 9.09. The first kappa shape index (κ1) is 11.2. The predicted molar refractivity (Wildman–Crippen MR) is 54.8 cm³/mol. The molecule has 0 aliphatic heterocycles. The lowest BCUT2D eigenvalue weighted by Gasteiger charge is -2.02. The number of alkyl halides is 1. The lowest BCUT2D eigenvalue weighted by Crippen LogP contribution is -1.94. The van der Waals surface area contributed by atoms with Gasteiger partial charge in [0.1, 0.15) is 12.4 Å². The monoisotopic (exact) mass is 262 g/mol. The number of ether oxygens (including phenoxy) is 1. The van der Waals surface area contributed by atoms with Crippen LogP contribution in [0.15, 0.2) is 30.4 Å². The number of hydrogen-bond acceptors (Lipinski definition) is 1. The molecule has 0 bridgehead atoms. The number of hydrogen-bond donors (Lipinski definition) is 0. The largest absolute Gasteiger partial charge is 0.489 e. The van der Waals surface area contributed by atoms with Crippen molar-refractivity contribution in [2.24, 2.45) is 0 Å². The highest BCUT2D eigenvalue weighted by Crippen LogP contribution is 2.15. The zero-order valence-corrected chi connectivity index (χ0v) is 8.93. The third-order valence-corrected chi connectivity index (χ3v) is 1.87. The van der Waals surface area contributed by atoms with Crippen LogP contribution in [-0.4, -0.2) is 11.9 Å². The third-order valence-electron chi connectivity index (χ3n) is 1.49. The van der Waals surface area contributed by atoms with Gasteiger partial charge < -0.3 is 4.74 Å². The SMILES string of the molecule is Fc1ccc(OC/C=C/CBr)cc1F. The Bertz CT molecular complexity index is 326. The molecular weight excluding hydrogens is 254 g/mol. The van der Waals surface area contributed by atoms with Gasteiger partial charge in [-0.1, -0.05) is 28.1 Å². The summed E-state index contributed by atoms with van der Waals surface area (Å²) in [6, 6.07) is 3.45. The Morgan fingerprint density at radius 2 is 2.00 bits per heavy atom. The van der Waals surface area contributed by atoms with Crippen LogP contribution < -0.4 is 4.74 Å². The Hall–Kier alpha value is -0.900. The van der Waals surface area contributed by atoms with Crippen molar-refractivity contribution in [1.82, 2.24) is 0 Å².